The fourth-order valence-corrected chi connectivity index (χ4v) is 1.89. The molecule has 0 aliphatic heterocycles. The van der Waals surface area contributed by atoms with Crippen LogP contribution in [0.2, 0.25) is 5.02 Å². The molecule has 1 unspecified atom stereocenters. The molecule has 1 aromatic carbocycles. The van der Waals surface area contributed by atoms with Crippen LogP contribution in [-0.4, -0.2) is 32.1 Å². The molecule has 0 radical (unpaired) electrons. The maximum absolute atomic E-state index is 12.8. The zero-order valence-corrected chi connectivity index (χ0v) is 12.3. The van der Waals surface area contributed by atoms with Crippen molar-refractivity contribution in [3.05, 3.63) is 34.9 Å². The first kappa shape index (κ1) is 18.2. The third kappa shape index (κ3) is 6.20. The third-order valence-electron chi connectivity index (χ3n) is 2.79. The fourth-order valence-electron chi connectivity index (χ4n) is 1.69. The lowest BCUT2D eigenvalue weighted by Gasteiger charge is -2.21. The number of benzene rings is 1. The summed E-state index contributed by atoms with van der Waals surface area (Å²) in [6, 6.07) is 6.49. The molecule has 0 spiro atoms. The summed E-state index contributed by atoms with van der Waals surface area (Å²) in [5.74, 6) is -4.14. The van der Waals surface area contributed by atoms with E-state index in [2.05, 4.69) is 5.32 Å². The number of hydrogen-bond acceptors (Lipinski definition) is 2. The number of alkyl halides is 4. The first-order valence-electron chi connectivity index (χ1n) is 6.59. The van der Waals surface area contributed by atoms with Crippen LogP contribution in [0.3, 0.4) is 0 Å². The van der Waals surface area contributed by atoms with Gasteiger partial charge in [0.05, 0.1) is 12.6 Å². The van der Waals surface area contributed by atoms with Crippen LogP contribution in [0.15, 0.2) is 24.3 Å². The van der Waals surface area contributed by atoms with E-state index in [0.29, 0.717) is 11.6 Å². The average Bonchev–Trinajstić information content (AvgIpc) is 2.42. The molecule has 2 nitrogen and oxygen atoms in total. The van der Waals surface area contributed by atoms with Gasteiger partial charge in [0.25, 0.3) is 0 Å². The normalized spacial score (nSPS) is 13.7. The summed E-state index contributed by atoms with van der Waals surface area (Å²) in [5.41, 5.74) is 0.760. The van der Waals surface area contributed by atoms with Crippen LogP contribution >= 0.6 is 11.6 Å². The first-order valence-corrected chi connectivity index (χ1v) is 6.97. The highest BCUT2D eigenvalue weighted by Gasteiger charge is 2.41. The smallest absolute Gasteiger partial charge is 0.330 e. The zero-order chi connectivity index (χ0) is 15.9. The molecule has 0 amide bonds. The van der Waals surface area contributed by atoms with Crippen LogP contribution in [0.4, 0.5) is 17.6 Å². The van der Waals surface area contributed by atoms with Crippen LogP contribution in [0.25, 0.3) is 0 Å². The SMILES string of the molecule is CCCNC(COCC(F)(F)C(F)F)c1cccc(Cl)c1. The molecular formula is C14H18ClF4NO. The van der Waals surface area contributed by atoms with E-state index in [1.165, 1.54) is 0 Å². The van der Waals surface area contributed by atoms with Gasteiger partial charge in [-0.3, -0.25) is 0 Å². The fraction of sp³-hybridized carbons (Fsp3) is 0.571. The summed E-state index contributed by atoms with van der Waals surface area (Å²) < 4.78 is 54.5. The second-order valence-corrected chi connectivity index (χ2v) is 5.08. The number of rotatable bonds is 9. The average molecular weight is 328 g/mol. The van der Waals surface area contributed by atoms with Crippen molar-refractivity contribution in [3.8, 4) is 0 Å². The monoisotopic (exact) mass is 327 g/mol. The van der Waals surface area contributed by atoms with Gasteiger partial charge in [-0.2, -0.15) is 8.78 Å². The standard InChI is InChI=1S/C14H18ClF4NO/c1-2-6-20-12(10-4-3-5-11(15)7-10)8-21-9-14(18,19)13(16)17/h3-5,7,12-13,20H,2,6,8-9H2,1H3. The van der Waals surface area contributed by atoms with Crippen LogP contribution in [0.5, 0.6) is 0 Å². The van der Waals surface area contributed by atoms with Crippen molar-refractivity contribution in [2.24, 2.45) is 0 Å². The molecule has 21 heavy (non-hydrogen) atoms. The minimum absolute atomic E-state index is 0.136. The minimum atomic E-state index is -4.14. The lowest BCUT2D eigenvalue weighted by molar-refractivity contribution is -0.167. The molecule has 0 heterocycles. The summed E-state index contributed by atoms with van der Waals surface area (Å²) in [6.45, 7) is 1.15. The van der Waals surface area contributed by atoms with Crippen molar-refractivity contribution in [1.82, 2.24) is 5.32 Å². The Kier molecular flexibility index (Phi) is 7.42. The molecule has 1 N–H and O–H groups in total. The summed E-state index contributed by atoms with van der Waals surface area (Å²) >= 11 is 5.88. The lowest BCUT2D eigenvalue weighted by Crippen LogP contribution is -2.34. The largest absolute Gasteiger partial charge is 0.373 e. The van der Waals surface area contributed by atoms with Gasteiger partial charge in [-0.15, -0.1) is 0 Å². The van der Waals surface area contributed by atoms with E-state index in [1.54, 1.807) is 24.3 Å². The Morgan fingerprint density at radius 2 is 2.05 bits per heavy atom. The van der Waals surface area contributed by atoms with Crippen LogP contribution in [0, 0.1) is 0 Å². The van der Waals surface area contributed by atoms with E-state index in [1.807, 2.05) is 6.92 Å². The molecule has 1 aromatic rings. The number of halogens is 5. The Balaban J connectivity index is 2.63. The molecule has 0 aliphatic rings. The van der Waals surface area contributed by atoms with Gasteiger partial charge in [0.1, 0.15) is 6.61 Å². The number of nitrogens with one attached hydrogen (secondary N) is 1. The molecule has 120 valence electrons. The third-order valence-corrected chi connectivity index (χ3v) is 3.03. The Bertz CT molecular complexity index is 431. The van der Waals surface area contributed by atoms with Crippen molar-refractivity contribution < 1.29 is 22.3 Å². The Morgan fingerprint density at radius 3 is 2.62 bits per heavy atom. The molecule has 0 saturated carbocycles. The van der Waals surface area contributed by atoms with E-state index < -0.39 is 19.0 Å². The highest BCUT2D eigenvalue weighted by molar-refractivity contribution is 6.30. The Morgan fingerprint density at radius 1 is 1.33 bits per heavy atom. The highest BCUT2D eigenvalue weighted by atomic mass is 35.5. The van der Waals surface area contributed by atoms with E-state index in [9.17, 15) is 17.6 Å². The van der Waals surface area contributed by atoms with Gasteiger partial charge in [0.2, 0.25) is 0 Å². The summed E-state index contributed by atoms with van der Waals surface area (Å²) in [7, 11) is 0. The number of ether oxygens (including phenoxy) is 1. The van der Waals surface area contributed by atoms with Crippen molar-refractivity contribution >= 4 is 11.6 Å². The second kappa shape index (κ2) is 8.56. The van der Waals surface area contributed by atoms with Gasteiger partial charge in [-0.1, -0.05) is 30.7 Å². The van der Waals surface area contributed by atoms with Gasteiger partial charge in [0.15, 0.2) is 0 Å². The van der Waals surface area contributed by atoms with E-state index >= 15 is 0 Å². The molecule has 0 saturated heterocycles. The van der Waals surface area contributed by atoms with Crippen LogP contribution in [0.1, 0.15) is 24.9 Å². The molecular weight excluding hydrogens is 310 g/mol. The van der Waals surface area contributed by atoms with E-state index in [0.717, 1.165) is 12.0 Å². The van der Waals surface area contributed by atoms with Crippen molar-refractivity contribution in [2.75, 3.05) is 19.8 Å². The van der Waals surface area contributed by atoms with Gasteiger partial charge in [-0.05, 0) is 30.7 Å². The molecule has 0 aromatic heterocycles. The Labute approximate surface area is 126 Å². The zero-order valence-electron chi connectivity index (χ0n) is 11.6. The maximum atomic E-state index is 12.8. The van der Waals surface area contributed by atoms with Crippen LogP contribution in [-0.2, 0) is 4.74 Å². The molecule has 0 bridgehead atoms. The summed E-state index contributed by atoms with van der Waals surface area (Å²) in [4.78, 5) is 0. The van der Waals surface area contributed by atoms with E-state index in [4.69, 9.17) is 16.3 Å². The molecule has 7 heteroatoms. The van der Waals surface area contributed by atoms with Crippen molar-refractivity contribution in [3.63, 3.8) is 0 Å². The predicted octanol–water partition coefficient (Wildman–Crippen LogP) is 4.30. The quantitative estimate of drug-likeness (QED) is 0.683. The highest BCUT2D eigenvalue weighted by Crippen LogP contribution is 2.24. The molecule has 1 rings (SSSR count). The predicted molar refractivity (Wildman–Crippen MR) is 74.3 cm³/mol. The van der Waals surface area contributed by atoms with Crippen molar-refractivity contribution in [1.29, 1.82) is 0 Å². The van der Waals surface area contributed by atoms with Gasteiger partial charge in [-0.25, -0.2) is 8.78 Å². The topological polar surface area (TPSA) is 21.3 Å². The van der Waals surface area contributed by atoms with E-state index in [-0.39, 0.29) is 12.6 Å². The second-order valence-electron chi connectivity index (χ2n) is 4.64. The van der Waals surface area contributed by atoms with Gasteiger partial charge in [0, 0.05) is 5.02 Å². The van der Waals surface area contributed by atoms with Crippen LogP contribution < -0.4 is 5.32 Å². The van der Waals surface area contributed by atoms with Gasteiger partial charge >= 0.3 is 12.3 Å². The summed E-state index contributed by atoms with van der Waals surface area (Å²) in [6.07, 6.45) is -2.89. The molecule has 0 aliphatic carbocycles. The van der Waals surface area contributed by atoms with Gasteiger partial charge < -0.3 is 10.1 Å². The number of hydrogen-bond donors (Lipinski definition) is 1. The lowest BCUT2D eigenvalue weighted by atomic mass is 10.1. The molecule has 0 fully saturated rings. The molecule has 1 atom stereocenters. The maximum Gasteiger partial charge on any atom is 0.330 e. The minimum Gasteiger partial charge on any atom is -0.373 e. The summed E-state index contributed by atoms with van der Waals surface area (Å²) in [5, 5.41) is 3.62. The Hall–Kier alpha value is -0.850. The van der Waals surface area contributed by atoms with Crippen molar-refractivity contribution in [2.45, 2.75) is 31.7 Å². The first-order chi connectivity index (χ1) is 9.86.